The number of hydrogen-bond acceptors (Lipinski definition) is 6. The SMILES string of the molecule is COCCCOc1cc2c(cc1Cl)-c1cc(=O)c(C(=O)O)cn1C(c1ccc(Cl)s1)O2. The normalized spacial score (nSPS) is 14.5. The molecule has 0 bridgehead atoms. The summed E-state index contributed by atoms with van der Waals surface area (Å²) < 4.78 is 19.1. The van der Waals surface area contributed by atoms with E-state index in [-0.39, 0.29) is 5.56 Å². The van der Waals surface area contributed by atoms with Gasteiger partial charge in [0.2, 0.25) is 6.23 Å². The van der Waals surface area contributed by atoms with E-state index in [0.717, 1.165) is 4.88 Å². The molecule has 0 fully saturated rings. The minimum Gasteiger partial charge on any atom is -0.492 e. The van der Waals surface area contributed by atoms with Crippen LogP contribution in [-0.4, -0.2) is 36.0 Å². The molecule has 7 nitrogen and oxygen atoms in total. The molecule has 3 aromatic rings. The molecule has 1 N–H and O–H groups in total. The Morgan fingerprint density at radius 3 is 2.74 bits per heavy atom. The lowest BCUT2D eigenvalue weighted by molar-refractivity contribution is 0.0693. The molecule has 0 spiro atoms. The first-order valence-corrected chi connectivity index (χ1v) is 10.8. The van der Waals surface area contributed by atoms with Crippen molar-refractivity contribution in [2.75, 3.05) is 20.3 Å². The number of carbonyl (C=O) groups is 1. The molecule has 0 amide bonds. The van der Waals surface area contributed by atoms with Crippen LogP contribution in [0.15, 0.2) is 41.3 Å². The lowest BCUT2D eigenvalue weighted by Crippen LogP contribution is -2.27. The van der Waals surface area contributed by atoms with Crippen LogP contribution in [0.3, 0.4) is 0 Å². The zero-order chi connectivity index (χ0) is 22.1. The predicted molar refractivity (Wildman–Crippen MR) is 118 cm³/mol. The Balaban J connectivity index is 1.83. The van der Waals surface area contributed by atoms with Crippen LogP contribution >= 0.6 is 34.5 Å². The number of nitrogens with zero attached hydrogens (tertiary/aromatic N) is 1. The lowest BCUT2D eigenvalue weighted by atomic mass is 10.1. The van der Waals surface area contributed by atoms with Gasteiger partial charge in [-0.1, -0.05) is 23.2 Å². The van der Waals surface area contributed by atoms with Crippen molar-refractivity contribution in [3.63, 3.8) is 0 Å². The van der Waals surface area contributed by atoms with Crippen LogP contribution in [-0.2, 0) is 4.74 Å². The Morgan fingerprint density at radius 2 is 2.06 bits per heavy atom. The average molecular weight is 482 g/mol. The highest BCUT2D eigenvalue weighted by molar-refractivity contribution is 7.16. The van der Waals surface area contributed by atoms with Crippen molar-refractivity contribution >= 4 is 40.5 Å². The molecular formula is C21H17Cl2NO6S. The maximum Gasteiger partial charge on any atom is 0.341 e. The summed E-state index contributed by atoms with van der Waals surface area (Å²) in [6.45, 7) is 0.969. The van der Waals surface area contributed by atoms with Crippen LogP contribution in [0.2, 0.25) is 9.36 Å². The number of aromatic nitrogens is 1. The molecule has 2 aromatic heterocycles. The van der Waals surface area contributed by atoms with Gasteiger partial charge in [-0.3, -0.25) is 4.79 Å². The zero-order valence-electron chi connectivity index (χ0n) is 16.3. The summed E-state index contributed by atoms with van der Waals surface area (Å²) in [5, 5.41) is 9.75. The summed E-state index contributed by atoms with van der Waals surface area (Å²) in [7, 11) is 1.62. The van der Waals surface area contributed by atoms with Gasteiger partial charge in [-0.2, -0.15) is 0 Å². The molecule has 1 unspecified atom stereocenters. The standard InChI is InChI=1S/C21H17Cl2NO6S/c1-28-5-2-6-29-17-9-16-11(7-13(17)22)14-8-15(25)12(21(26)27)10-24(14)20(30-16)18-3-4-19(23)31-18/h3-4,7-10,20H,2,5-6H2,1H3,(H,26,27). The highest BCUT2D eigenvalue weighted by Crippen LogP contribution is 2.45. The number of carboxylic acids is 1. The molecule has 10 heteroatoms. The molecular weight excluding hydrogens is 465 g/mol. The maximum absolute atomic E-state index is 12.4. The number of methoxy groups -OCH3 is 1. The fourth-order valence-electron chi connectivity index (χ4n) is 3.28. The van der Waals surface area contributed by atoms with Crippen LogP contribution in [0.1, 0.15) is 27.9 Å². The molecule has 1 atom stereocenters. The van der Waals surface area contributed by atoms with Crippen LogP contribution in [0.5, 0.6) is 11.5 Å². The molecule has 0 radical (unpaired) electrons. The molecule has 3 heterocycles. The summed E-state index contributed by atoms with van der Waals surface area (Å²) >= 11 is 13.8. The quantitative estimate of drug-likeness (QED) is 0.481. The van der Waals surface area contributed by atoms with Crippen LogP contribution in [0.4, 0.5) is 0 Å². The van der Waals surface area contributed by atoms with Crippen molar-refractivity contribution < 1.29 is 24.1 Å². The second-order valence-electron chi connectivity index (χ2n) is 6.73. The van der Waals surface area contributed by atoms with E-state index in [1.165, 1.54) is 23.6 Å². The van der Waals surface area contributed by atoms with Gasteiger partial charge in [0.1, 0.15) is 17.1 Å². The number of halogens is 2. The van der Waals surface area contributed by atoms with E-state index in [4.69, 9.17) is 37.4 Å². The molecule has 1 aliphatic rings. The number of hydrogen-bond donors (Lipinski definition) is 1. The molecule has 31 heavy (non-hydrogen) atoms. The average Bonchev–Trinajstić information content (AvgIpc) is 3.16. The van der Waals surface area contributed by atoms with Crippen LogP contribution in [0, 0.1) is 0 Å². The summed E-state index contributed by atoms with van der Waals surface area (Å²) in [6, 6.07) is 8.12. The molecule has 0 saturated carbocycles. The smallest absolute Gasteiger partial charge is 0.341 e. The van der Waals surface area contributed by atoms with Gasteiger partial charge in [0.15, 0.2) is 5.43 Å². The zero-order valence-corrected chi connectivity index (χ0v) is 18.6. The van der Waals surface area contributed by atoms with Gasteiger partial charge in [0, 0.05) is 44.0 Å². The molecule has 1 aromatic carbocycles. The van der Waals surface area contributed by atoms with Crippen LogP contribution < -0.4 is 14.9 Å². The first-order chi connectivity index (χ1) is 14.9. The molecule has 162 valence electrons. The predicted octanol–water partition coefficient (Wildman–Crippen LogP) is 4.94. The Hall–Kier alpha value is -2.52. The summed E-state index contributed by atoms with van der Waals surface area (Å²) in [4.78, 5) is 24.7. The number of pyridine rings is 1. The van der Waals surface area contributed by atoms with E-state index < -0.39 is 17.6 Å². The largest absolute Gasteiger partial charge is 0.492 e. The Morgan fingerprint density at radius 1 is 1.26 bits per heavy atom. The van der Waals surface area contributed by atoms with Gasteiger partial charge in [-0.05, 0) is 18.2 Å². The Labute approximate surface area is 191 Å². The molecule has 4 rings (SSSR count). The lowest BCUT2D eigenvalue weighted by Gasteiger charge is -2.31. The first-order valence-electron chi connectivity index (χ1n) is 9.26. The van der Waals surface area contributed by atoms with Crippen molar-refractivity contribution in [1.29, 1.82) is 0 Å². The fraction of sp³-hybridized carbons (Fsp3) is 0.238. The number of thiophene rings is 1. The van der Waals surface area contributed by atoms with Crippen molar-refractivity contribution in [1.82, 2.24) is 4.57 Å². The second-order valence-corrected chi connectivity index (χ2v) is 8.89. The third kappa shape index (κ3) is 4.29. The van der Waals surface area contributed by atoms with Gasteiger partial charge in [-0.25, -0.2) is 4.79 Å². The molecule has 0 aliphatic carbocycles. The van der Waals surface area contributed by atoms with Gasteiger partial charge < -0.3 is 23.9 Å². The minimum atomic E-state index is -1.31. The topological polar surface area (TPSA) is 87.0 Å². The van der Waals surface area contributed by atoms with Crippen molar-refractivity contribution in [3.05, 3.63) is 66.6 Å². The number of rotatable bonds is 7. The second kappa shape index (κ2) is 8.92. The number of fused-ring (bicyclic) bond motifs is 3. The third-order valence-electron chi connectivity index (χ3n) is 4.70. The van der Waals surface area contributed by atoms with Crippen LogP contribution in [0.25, 0.3) is 11.3 Å². The summed E-state index contributed by atoms with van der Waals surface area (Å²) in [5.41, 5.74) is 0.0824. The number of ether oxygens (including phenoxy) is 3. The van der Waals surface area contributed by atoms with E-state index in [2.05, 4.69) is 0 Å². The summed E-state index contributed by atoms with van der Waals surface area (Å²) in [6.07, 6.45) is 1.27. The maximum atomic E-state index is 12.4. The minimum absolute atomic E-state index is 0.346. The van der Waals surface area contributed by atoms with Crippen molar-refractivity contribution in [2.24, 2.45) is 0 Å². The third-order valence-corrected chi connectivity index (χ3v) is 6.26. The Bertz CT molecular complexity index is 1210. The number of benzene rings is 1. The van der Waals surface area contributed by atoms with E-state index in [0.29, 0.717) is 51.7 Å². The first kappa shape index (κ1) is 21.7. The Kier molecular flexibility index (Phi) is 6.24. The fourth-order valence-corrected chi connectivity index (χ4v) is 4.59. The summed E-state index contributed by atoms with van der Waals surface area (Å²) in [5.74, 6) is -0.410. The van der Waals surface area contributed by atoms with Crippen molar-refractivity contribution in [2.45, 2.75) is 12.6 Å². The number of carboxylic acid groups (broad SMARTS) is 1. The van der Waals surface area contributed by atoms with E-state index in [1.54, 1.807) is 35.9 Å². The van der Waals surface area contributed by atoms with Gasteiger partial charge in [0.05, 0.1) is 26.5 Å². The van der Waals surface area contributed by atoms with Gasteiger partial charge in [-0.15, -0.1) is 11.3 Å². The number of aromatic carboxylic acids is 1. The van der Waals surface area contributed by atoms with E-state index >= 15 is 0 Å². The highest BCUT2D eigenvalue weighted by Gasteiger charge is 2.30. The molecule has 1 aliphatic heterocycles. The monoisotopic (exact) mass is 481 g/mol. The van der Waals surface area contributed by atoms with Crippen molar-refractivity contribution in [3.8, 4) is 22.8 Å². The van der Waals surface area contributed by atoms with E-state index in [9.17, 15) is 14.7 Å². The van der Waals surface area contributed by atoms with E-state index in [1.807, 2.05) is 0 Å². The highest BCUT2D eigenvalue weighted by atomic mass is 35.5. The molecule has 0 saturated heterocycles. The van der Waals surface area contributed by atoms with Gasteiger partial charge in [0.25, 0.3) is 0 Å². The van der Waals surface area contributed by atoms with Gasteiger partial charge >= 0.3 is 5.97 Å².